The average Bonchev–Trinajstić information content (AvgIpc) is 2.66. The molecule has 0 saturated heterocycles. The minimum atomic E-state index is -0.164. The van der Waals surface area contributed by atoms with Gasteiger partial charge in [-0.25, -0.2) is 0 Å². The molecular formula is C20H22N3O2. The number of nitrogens with one attached hydrogen (secondary N) is 3. The van der Waals surface area contributed by atoms with Crippen molar-refractivity contribution in [3.8, 4) is 5.75 Å². The number of fused-ring (bicyclic) bond motifs is 1. The van der Waals surface area contributed by atoms with Gasteiger partial charge >= 0.3 is 0 Å². The van der Waals surface area contributed by atoms with Gasteiger partial charge in [0.05, 0.1) is 0 Å². The lowest BCUT2D eigenvalue weighted by Gasteiger charge is -2.17. The molecule has 1 aliphatic heterocycles. The smallest absolute Gasteiger partial charge is 0.255 e. The van der Waals surface area contributed by atoms with Crippen molar-refractivity contribution < 1.29 is 9.53 Å². The highest BCUT2D eigenvalue weighted by Crippen LogP contribution is 2.28. The summed E-state index contributed by atoms with van der Waals surface area (Å²) in [6.07, 6.45) is 2.76. The highest BCUT2D eigenvalue weighted by atomic mass is 16.5. The molecule has 0 aliphatic carbocycles. The van der Waals surface area contributed by atoms with E-state index in [0.717, 1.165) is 48.4 Å². The van der Waals surface area contributed by atoms with Gasteiger partial charge in [-0.1, -0.05) is 19.1 Å². The van der Waals surface area contributed by atoms with Crippen LogP contribution in [0.1, 0.15) is 41.3 Å². The van der Waals surface area contributed by atoms with Crippen LogP contribution in [-0.2, 0) is 6.42 Å². The fourth-order valence-electron chi connectivity index (χ4n) is 2.67. The van der Waals surface area contributed by atoms with Gasteiger partial charge in [0, 0.05) is 23.4 Å². The molecule has 2 aromatic carbocycles. The number of carbonyl (C=O) groups is 1. The zero-order valence-corrected chi connectivity index (χ0v) is 14.3. The Morgan fingerprint density at radius 3 is 2.68 bits per heavy atom. The van der Waals surface area contributed by atoms with Crippen molar-refractivity contribution in [2.45, 2.75) is 26.2 Å². The Balaban J connectivity index is 1.66. The summed E-state index contributed by atoms with van der Waals surface area (Å²) in [5, 5.41) is 13.9. The van der Waals surface area contributed by atoms with Gasteiger partial charge < -0.3 is 15.4 Å². The lowest BCUT2D eigenvalue weighted by molar-refractivity contribution is 0.102. The van der Waals surface area contributed by atoms with Crippen LogP contribution in [0.2, 0.25) is 0 Å². The Kier molecular flexibility index (Phi) is 5.33. The summed E-state index contributed by atoms with van der Waals surface area (Å²) in [5.74, 6) is 1.06. The van der Waals surface area contributed by atoms with Crippen LogP contribution in [0.3, 0.4) is 0 Å². The summed E-state index contributed by atoms with van der Waals surface area (Å²) in [7, 11) is 0. The van der Waals surface area contributed by atoms with E-state index in [1.54, 1.807) is 30.9 Å². The van der Waals surface area contributed by atoms with Crippen molar-refractivity contribution in [3.05, 3.63) is 65.8 Å². The molecule has 0 fully saturated rings. The standard InChI is InChI=1S/C20H22N3O2/c1-2-11-22-19(21)14-5-7-15(8-6-14)20(24)23-17-9-10-18-16(13-17)4-3-12-25-18/h5-10,12-13H,2-4,11H2,1H3,(H2,21,22)(H,23,24). The number of amidine groups is 1. The number of amides is 1. The van der Waals surface area contributed by atoms with Gasteiger partial charge in [-0.2, -0.15) is 0 Å². The second-order valence-electron chi connectivity index (χ2n) is 5.98. The molecule has 129 valence electrons. The summed E-state index contributed by atoms with van der Waals surface area (Å²) in [5.41, 5.74) is 3.20. The van der Waals surface area contributed by atoms with Crippen LogP contribution in [0.5, 0.6) is 5.75 Å². The van der Waals surface area contributed by atoms with Crippen molar-refractivity contribution in [1.82, 2.24) is 5.32 Å². The van der Waals surface area contributed by atoms with Crippen LogP contribution in [0.15, 0.2) is 42.5 Å². The first-order valence-electron chi connectivity index (χ1n) is 8.53. The lowest BCUT2D eigenvalue weighted by Crippen LogP contribution is -2.24. The van der Waals surface area contributed by atoms with E-state index >= 15 is 0 Å². The maximum absolute atomic E-state index is 12.4. The summed E-state index contributed by atoms with van der Waals surface area (Å²) >= 11 is 0. The minimum Gasteiger partial charge on any atom is -0.486 e. The number of rotatable bonds is 5. The molecule has 0 unspecified atom stereocenters. The fraction of sp³-hybridized carbons (Fsp3) is 0.250. The van der Waals surface area contributed by atoms with Crippen molar-refractivity contribution in [2.24, 2.45) is 0 Å². The molecule has 0 aromatic heterocycles. The molecule has 2 aromatic rings. The molecular weight excluding hydrogens is 314 g/mol. The van der Waals surface area contributed by atoms with Crippen molar-refractivity contribution in [2.75, 3.05) is 11.9 Å². The second-order valence-corrected chi connectivity index (χ2v) is 5.98. The third-order valence-corrected chi connectivity index (χ3v) is 4.05. The molecule has 5 heteroatoms. The third-order valence-electron chi connectivity index (χ3n) is 4.05. The monoisotopic (exact) mass is 336 g/mol. The van der Waals surface area contributed by atoms with Crippen LogP contribution < -0.4 is 15.4 Å². The number of aryl methyl sites for hydroxylation is 1. The SMILES string of the molecule is CCCNC(=N)c1ccc(C(=O)Nc2ccc3c(c2)CC[CH]O3)cc1. The minimum absolute atomic E-state index is 0.164. The molecule has 1 amide bonds. The first-order valence-corrected chi connectivity index (χ1v) is 8.53. The van der Waals surface area contributed by atoms with Gasteiger partial charge in [-0.3, -0.25) is 10.2 Å². The van der Waals surface area contributed by atoms with Gasteiger partial charge in [-0.15, -0.1) is 0 Å². The molecule has 25 heavy (non-hydrogen) atoms. The van der Waals surface area contributed by atoms with Crippen molar-refractivity contribution in [3.63, 3.8) is 0 Å². The summed E-state index contributed by atoms with van der Waals surface area (Å²) in [4.78, 5) is 12.4. The van der Waals surface area contributed by atoms with E-state index in [0.29, 0.717) is 11.4 Å². The number of hydrogen-bond acceptors (Lipinski definition) is 3. The topological polar surface area (TPSA) is 74.2 Å². The van der Waals surface area contributed by atoms with E-state index in [9.17, 15) is 4.79 Å². The molecule has 0 spiro atoms. The summed E-state index contributed by atoms with van der Waals surface area (Å²) in [6.45, 7) is 4.62. The van der Waals surface area contributed by atoms with Crippen LogP contribution in [0.25, 0.3) is 0 Å². The predicted octanol–water partition coefficient (Wildman–Crippen LogP) is 3.75. The number of benzene rings is 2. The predicted molar refractivity (Wildman–Crippen MR) is 99.2 cm³/mol. The number of ether oxygens (including phenoxy) is 1. The summed E-state index contributed by atoms with van der Waals surface area (Å²) < 4.78 is 5.47. The van der Waals surface area contributed by atoms with Crippen LogP contribution >= 0.6 is 0 Å². The van der Waals surface area contributed by atoms with Crippen molar-refractivity contribution in [1.29, 1.82) is 5.41 Å². The Morgan fingerprint density at radius 2 is 1.92 bits per heavy atom. The van der Waals surface area contributed by atoms with E-state index in [1.807, 2.05) is 18.2 Å². The molecule has 3 rings (SSSR count). The Hall–Kier alpha value is -2.82. The fourth-order valence-corrected chi connectivity index (χ4v) is 2.67. The second kappa shape index (κ2) is 7.83. The Labute approximate surface area is 147 Å². The molecule has 1 heterocycles. The van der Waals surface area contributed by atoms with E-state index < -0.39 is 0 Å². The summed E-state index contributed by atoms with van der Waals surface area (Å²) in [6, 6.07) is 12.7. The van der Waals surface area contributed by atoms with E-state index in [1.165, 1.54) is 0 Å². The Bertz CT molecular complexity index is 769. The highest BCUT2D eigenvalue weighted by Gasteiger charge is 2.13. The van der Waals surface area contributed by atoms with Gasteiger partial charge in [0.15, 0.2) is 0 Å². The van der Waals surface area contributed by atoms with Gasteiger partial charge in [0.1, 0.15) is 18.2 Å². The zero-order valence-electron chi connectivity index (χ0n) is 14.3. The molecule has 0 saturated carbocycles. The van der Waals surface area contributed by atoms with Crippen LogP contribution in [-0.4, -0.2) is 18.3 Å². The van der Waals surface area contributed by atoms with E-state index in [2.05, 4.69) is 17.6 Å². The maximum Gasteiger partial charge on any atom is 0.255 e. The highest BCUT2D eigenvalue weighted by molar-refractivity contribution is 6.05. The molecule has 5 nitrogen and oxygen atoms in total. The van der Waals surface area contributed by atoms with Gasteiger partial charge in [0.25, 0.3) is 5.91 Å². The van der Waals surface area contributed by atoms with E-state index in [-0.39, 0.29) is 5.91 Å². The normalized spacial score (nSPS) is 12.7. The zero-order chi connectivity index (χ0) is 17.6. The van der Waals surface area contributed by atoms with E-state index in [4.69, 9.17) is 10.1 Å². The average molecular weight is 336 g/mol. The maximum atomic E-state index is 12.4. The third kappa shape index (κ3) is 4.18. The molecule has 0 atom stereocenters. The van der Waals surface area contributed by atoms with Crippen LogP contribution in [0, 0.1) is 12.0 Å². The quantitative estimate of drug-likeness (QED) is 0.575. The Morgan fingerprint density at radius 1 is 1.16 bits per heavy atom. The first-order chi connectivity index (χ1) is 12.2. The molecule has 1 aliphatic rings. The molecule has 1 radical (unpaired) electrons. The van der Waals surface area contributed by atoms with Crippen molar-refractivity contribution >= 4 is 17.4 Å². The number of carbonyl (C=O) groups excluding carboxylic acids is 1. The van der Waals surface area contributed by atoms with Gasteiger partial charge in [0.2, 0.25) is 0 Å². The lowest BCUT2D eigenvalue weighted by atomic mass is 10.1. The first kappa shape index (κ1) is 17.0. The van der Waals surface area contributed by atoms with Crippen LogP contribution in [0.4, 0.5) is 5.69 Å². The number of hydrogen-bond donors (Lipinski definition) is 3. The largest absolute Gasteiger partial charge is 0.486 e. The molecule has 0 bridgehead atoms. The van der Waals surface area contributed by atoms with Gasteiger partial charge in [-0.05, 0) is 55.2 Å². The number of anilines is 1. The molecule has 3 N–H and O–H groups in total.